The van der Waals surface area contributed by atoms with Gasteiger partial charge in [-0.15, -0.1) is 0 Å². The van der Waals surface area contributed by atoms with Gasteiger partial charge in [0.25, 0.3) is 7.82 Å². The van der Waals surface area contributed by atoms with Crippen LogP contribution in [-0.2, 0) is 32.7 Å². The molecule has 0 aromatic heterocycles. The van der Waals surface area contributed by atoms with Crippen molar-refractivity contribution in [3.05, 3.63) is 0 Å². The second-order valence-electron chi connectivity index (χ2n) is 19.2. The molecule has 0 saturated heterocycles. The van der Waals surface area contributed by atoms with Crippen LogP contribution in [0.4, 0.5) is 0 Å². The number of quaternary nitrogens is 1. The standard InChI is InChI=1S/C48H92NO8P/c1-49(2,3)40-41-55-58(52,53)56-43-46(57-48(51)39-31-21-17-13-9-5-7-11-15-19-25-33-45-36-28-23-29-37-45)42-54-47(50)38-30-20-16-12-8-4-6-10-14-18-24-32-44-34-26-22-27-35-44/h44-46H,4-43H2,1-3H3/t46-/m1/s1. The molecule has 342 valence electrons. The number of hydrogen-bond donors (Lipinski definition) is 0. The molecule has 2 rings (SSSR count). The van der Waals surface area contributed by atoms with E-state index in [4.69, 9.17) is 18.5 Å². The minimum Gasteiger partial charge on any atom is -0.756 e. The molecule has 0 aromatic rings. The Morgan fingerprint density at radius 2 is 0.914 bits per heavy atom. The van der Waals surface area contributed by atoms with Crippen molar-refractivity contribution in [1.29, 1.82) is 0 Å². The highest BCUT2D eigenvalue weighted by Gasteiger charge is 2.22. The maximum absolute atomic E-state index is 12.7. The predicted molar refractivity (Wildman–Crippen MR) is 236 cm³/mol. The lowest BCUT2D eigenvalue weighted by Gasteiger charge is -2.28. The van der Waals surface area contributed by atoms with Crippen LogP contribution in [0.1, 0.15) is 231 Å². The van der Waals surface area contributed by atoms with Crippen molar-refractivity contribution in [3.8, 4) is 0 Å². The first-order chi connectivity index (χ1) is 28.0. The molecule has 0 spiro atoms. The molecular weight excluding hydrogens is 750 g/mol. The number of phosphoric ester groups is 1. The highest BCUT2D eigenvalue weighted by Crippen LogP contribution is 2.38. The third-order valence-corrected chi connectivity index (χ3v) is 13.6. The molecule has 2 fully saturated rings. The van der Waals surface area contributed by atoms with E-state index >= 15 is 0 Å². The zero-order valence-electron chi connectivity index (χ0n) is 38.2. The van der Waals surface area contributed by atoms with Crippen molar-refractivity contribution < 1.29 is 42.1 Å². The lowest BCUT2D eigenvalue weighted by molar-refractivity contribution is -0.870. The van der Waals surface area contributed by atoms with Gasteiger partial charge in [-0.1, -0.05) is 205 Å². The van der Waals surface area contributed by atoms with Crippen molar-refractivity contribution in [2.75, 3.05) is 47.5 Å². The molecular formula is C48H92NO8P. The van der Waals surface area contributed by atoms with Crippen LogP contribution < -0.4 is 4.89 Å². The molecule has 9 nitrogen and oxygen atoms in total. The molecule has 58 heavy (non-hydrogen) atoms. The molecule has 0 aliphatic heterocycles. The third-order valence-electron chi connectivity index (χ3n) is 12.6. The summed E-state index contributed by atoms with van der Waals surface area (Å²) in [6.45, 7) is -0.244. The molecule has 2 saturated carbocycles. The zero-order valence-corrected chi connectivity index (χ0v) is 39.1. The first-order valence-electron chi connectivity index (χ1n) is 24.8. The van der Waals surface area contributed by atoms with E-state index in [0.29, 0.717) is 17.4 Å². The Labute approximate surface area is 357 Å². The van der Waals surface area contributed by atoms with Crippen LogP contribution in [0.25, 0.3) is 0 Å². The number of rotatable bonds is 38. The van der Waals surface area contributed by atoms with E-state index in [-0.39, 0.29) is 32.0 Å². The Kier molecular flexibility index (Phi) is 31.7. The Morgan fingerprint density at radius 3 is 1.33 bits per heavy atom. The van der Waals surface area contributed by atoms with Crippen LogP contribution >= 0.6 is 7.82 Å². The van der Waals surface area contributed by atoms with Gasteiger partial charge in [0, 0.05) is 12.8 Å². The minimum absolute atomic E-state index is 0.0234. The fourth-order valence-corrected chi connectivity index (χ4v) is 9.52. The minimum atomic E-state index is -4.62. The van der Waals surface area contributed by atoms with Crippen molar-refractivity contribution in [1.82, 2.24) is 0 Å². The largest absolute Gasteiger partial charge is 0.756 e. The second kappa shape index (κ2) is 34.6. The molecule has 0 bridgehead atoms. The van der Waals surface area contributed by atoms with E-state index in [0.717, 1.165) is 43.9 Å². The van der Waals surface area contributed by atoms with Crippen LogP contribution in [0.15, 0.2) is 0 Å². The summed E-state index contributed by atoms with van der Waals surface area (Å²) in [4.78, 5) is 37.7. The van der Waals surface area contributed by atoms with E-state index < -0.39 is 26.5 Å². The average Bonchev–Trinajstić information content (AvgIpc) is 3.19. The number of unbranched alkanes of at least 4 members (excludes halogenated alkanes) is 20. The summed E-state index contributed by atoms with van der Waals surface area (Å²) in [5.41, 5.74) is 0. The van der Waals surface area contributed by atoms with Gasteiger partial charge >= 0.3 is 11.9 Å². The summed E-state index contributed by atoms with van der Waals surface area (Å²) in [6, 6.07) is 0. The molecule has 2 aliphatic carbocycles. The van der Waals surface area contributed by atoms with Crippen LogP contribution in [-0.4, -0.2) is 70.0 Å². The molecule has 2 aliphatic rings. The van der Waals surface area contributed by atoms with Gasteiger partial charge in [-0.3, -0.25) is 14.2 Å². The van der Waals surface area contributed by atoms with Gasteiger partial charge in [0.2, 0.25) is 0 Å². The van der Waals surface area contributed by atoms with Crippen molar-refractivity contribution >= 4 is 19.8 Å². The Morgan fingerprint density at radius 1 is 0.534 bits per heavy atom. The van der Waals surface area contributed by atoms with Gasteiger partial charge in [0.1, 0.15) is 19.8 Å². The van der Waals surface area contributed by atoms with Gasteiger partial charge in [0.05, 0.1) is 27.7 Å². The van der Waals surface area contributed by atoms with E-state index in [1.807, 2.05) is 21.1 Å². The Balaban J connectivity index is 1.53. The van der Waals surface area contributed by atoms with Crippen LogP contribution in [0.3, 0.4) is 0 Å². The monoisotopic (exact) mass is 842 g/mol. The van der Waals surface area contributed by atoms with Gasteiger partial charge in [-0.25, -0.2) is 0 Å². The first-order valence-corrected chi connectivity index (χ1v) is 26.2. The summed E-state index contributed by atoms with van der Waals surface area (Å²) in [7, 11) is 1.19. The van der Waals surface area contributed by atoms with Gasteiger partial charge in [-0.05, 0) is 24.7 Å². The lowest BCUT2D eigenvalue weighted by Crippen LogP contribution is -2.37. The van der Waals surface area contributed by atoms with E-state index in [2.05, 4.69) is 0 Å². The number of hydrogen-bond acceptors (Lipinski definition) is 8. The van der Waals surface area contributed by atoms with E-state index in [1.165, 1.54) is 180 Å². The van der Waals surface area contributed by atoms with Crippen LogP contribution in [0.5, 0.6) is 0 Å². The number of carbonyl (C=O) groups excluding carboxylic acids is 2. The van der Waals surface area contributed by atoms with Gasteiger partial charge < -0.3 is 27.9 Å². The first kappa shape index (κ1) is 53.1. The van der Waals surface area contributed by atoms with Gasteiger partial charge in [-0.2, -0.15) is 0 Å². The fraction of sp³-hybridized carbons (Fsp3) is 0.958. The zero-order chi connectivity index (χ0) is 42.0. The van der Waals surface area contributed by atoms with Crippen molar-refractivity contribution in [2.45, 2.75) is 237 Å². The highest BCUT2D eigenvalue weighted by atomic mass is 31.2. The molecule has 0 heterocycles. The average molecular weight is 842 g/mol. The number of likely N-dealkylation sites (N-methyl/N-ethyl adjacent to an activating group) is 1. The molecule has 0 N–H and O–H groups in total. The molecule has 0 amide bonds. The lowest BCUT2D eigenvalue weighted by atomic mass is 9.85. The molecule has 10 heteroatoms. The number of ether oxygens (including phenoxy) is 2. The number of esters is 2. The van der Waals surface area contributed by atoms with Crippen molar-refractivity contribution in [2.24, 2.45) is 11.8 Å². The highest BCUT2D eigenvalue weighted by molar-refractivity contribution is 7.45. The summed E-state index contributed by atoms with van der Waals surface area (Å²) < 4.78 is 34.1. The van der Waals surface area contributed by atoms with Crippen molar-refractivity contribution in [3.63, 3.8) is 0 Å². The summed E-state index contributed by atoms with van der Waals surface area (Å²) in [6.07, 6.45) is 43.7. The van der Waals surface area contributed by atoms with E-state index in [9.17, 15) is 19.0 Å². The summed E-state index contributed by atoms with van der Waals surface area (Å²) >= 11 is 0. The van der Waals surface area contributed by atoms with E-state index in [1.54, 1.807) is 0 Å². The summed E-state index contributed by atoms with van der Waals surface area (Å²) in [5.74, 6) is 1.22. The number of phosphoric acid groups is 1. The number of carbonyl (C=O) groups is 2. The van der Waals surface area contributed by atoms with Crippen LogP contribution in [0.2, 0.25) is 0 Å². The molecule has 0 radical (unpaired) electrons. The van der Waals surface area contributed by atoms with Gasteiger partial charge in [0.15, 0.2) is 6.10 Å². The second-order valence-corrected chi connectivity index (χ2v) is 20.7. The fourth-order valence-electron chi connectivity index (χ4n) is 8.80. The molecule has 2 atom stereocenters. The normalized spacial score (nSPS) is 17.2. The Bertz CT molecular complexity index is 1040. The SMILES string of the molecule is C[N+](C)(C)CCOP(=O)([O-])OC[C@@H](COC(=O)CCCCCCCCCCCCCC1CCCCC1)OC(=O)CCCCCCCCCCCCCC1CCCCC1. The maximum atomic E-state index is 12.7. The smallest absolute Gasteiger partial charge is 0.306 e. The number of nitrogens with zero attached hydrogens (tertiary/aromatic N) is 1. The molecule has 0 aromatic carbocycles. The van der Waals surface area contributed by atoms with Crippen LogP contribution in [0, 0.1) is 11.8 Å². The third kappa shape index (κ3) is 32.7. The Hall–Kier alpha value is -0.990. The molecule has 1 unspecified atom stereocenters. The summed E-state index contributed by atoms with van der Waals surface area (Å²) in [5, 5.41) is 0. The topological polar surface area (TPSA) is 111 Å². The predicted octanol–water partition coefficient (Wildman–Crippen LogP) is 13.0. The maximum Gasteiger partial charge on any atom is 0.306 e. The quantitative estimate of drug-likeness (QED) is 0.0261.